The molecule has 4 rings (SSSR count). The monoisotopic (exact) mass is 488 g/mol. The molecule has 0 saturated carbocycles. The molecule has 0 amide bonds. The van der Waals surface area contributed by atoms with Crippen LogP contribution in [0.2, 0.25) is 0 Å². The normalized spacial score (nSPS) is 18.5. The number of carbonyl (C=O) groups is 1. The SMILES string of the molecule is NC[C@@H]1CCCO1.O=Cc1ccc([N+](=O)[O-])cc1.O=[N+]([O-])c1ccc(CNC[C@@H]2CCCO2)cc1. The summed E-state index contributed by atoms with van der Waals surface area (Å²) in [4.78, 5) is 29.8. The van der Waals surface area contributed by atoms with Crippen molar-refractivity contribution in [2.75, 3.05) is 26.3 Å². The number of hydrogen-bond donors (Lipinski definition) is 2. The predicted molar refractivity (Wildman–Crippen MR) is 130 cm³/mol. The topological polar surface area (TPSA) is 160 Å². The Kier molecular flexibility index (Phi) is 12.5. The second-order valence-electron chi connectivity index (χ2n) is 8.03. The fourth-order valence-electron chi connectivity index (χ4n) is 3.42. The number of ether oxygens (including phenoxy) is 2. The van der Waals surface area contributed by atoms with Crippen LogP contribution in [0.5, 0.6) is 0 Å². The molecular weight excluding hydrogens is 456 g/mol. The molecule has 190 valence electrons. The number of aldehydes is 1. The Morgan fingerprint density at radius 1 is 0.886 bits per heavy atom. The minimum absolute atomic E-state index is 0.00407. The maximum absolute atomic E-state index is 10.5. The van der Waals surface area contributed by atoms with Crippen LogP contribution in [0.3, 0.4) is 0 Å². The number of non-ortho nitro benzene ring substituents is 2. The fraction of sp³-hybridized carbons (Fsp3) is 0.458. The van der Waals surface area contributed by atoms with Gasteiger partial charge in [0.1, 0.15) is 6.29 Å². The molecule has 11 heteroatoms. The van der Waals surface area contributed by atoms with Crippen molar-refractivity contribution in [3.05, 3.63) is 79.9 Å². The van der Waals surface area contributed by atoms with E-state index in [0.717, 1.165) is 51.1 Å². The smallest absolute Gasteiger partial charge is 0.269 e. The number of nitrogens with one attached hydrogen (secondary N) is 1. The third kappa shape index (κ3) is 10.7. The van der Waals surface area contributed by atoms with Gasteiger partial charge in [0.05, 0.1) is 22.1 Å². The molecule has 35 heavy (non-hydrogen) atoms. The largest absolute Gasteiger partial charge is 0.377 e. The number of hydrogen-bond acceptors (Lipinski definition) is 9. The van der Waals surface area contributed by atoms with Gasteiger partial charge in [-0.2, -0.15) is 0 Å². The zero-order valence-electron chi connectivity index (χ0n) is 19.5. The number of nitro groups is 2. The Balaban J connectivity index is 0.000000205. The highest BCUT2D eigenvalue weighted by atomic mass is 16.6. The van der Waals surface area contributed by atoms with Crippen LogP contribution in [0.4, 0.5) is 11.4 Å². The number of rotatable bonds is 8. The minimum Gasteiger partial charge on any atom is -0.377 e. The molecule has 2 aromatic carbocycles. The van der Waals surface area contributed by atoms with E-state index in [-0.39, 0.29) is 16.3 Å². The summed E-state index contributed by atoms with van der Waals surface area (Å²) in [7, 11) is 0. The molecule has 2 aromatic rings. The Hall–Kier alpha value is -3.25. The van der Waals surface area contributed by atoms with Crippen molar-refractivity contribution in [1.29, 1.82) is 0 Å². The molecule has 2 fully saturated rings. The van der Waals surface area contributed by atoms with Crippen molar-refractivity contribution in [2.24, 2.45) is 5.73 Å². The molecule has 11 nitrogen and oxygen atoms in total. The summed E-state index contributed by atoms with van der Waals surface area (Å²) in [5.41, 5.74) is 6.93. The van der Waals surface area contributed by atoms with Crippen molar-refractivity contribution in [3.63, 3.8) is 0 Å². The summed E-state index contributed by atoms with van der Waals surface area (Å²) in [6, 6.07) is 12.0. The number of nitrogens with two attached hydrogens (primary N) is 1. The van der Waals surface area contributed by atoms with Crippen LogP contribution >= 0.6 is 0 Å². The summed E-state index contributed by atoms with van der Waals surface area (Å²) in [6.45, 7) is 4.04. The maximum Gasteiger partial charge on any atom is 0.269 e. The van der Waals surface area contributed by atoms with Gasteiger partial charge < -0.3 is 20.5 Å². The van der Waals surface area contributed by atoms with Crippen LogP contribution < -0.4 is 11.1 Å². The first-order chi connectivity index (χ1) is 16.9. The molecule has 0 aliphatic carbocycles. The molecule has 0 spiro atoms. The molecule has 2 atom stereocenters. The predicted octanol–water partition coefficient (Wildman–Crippen LogP) is 3.39. The van der Waals surface area contributed by atoms with Gasteiger partial charge >= 0.3 is 0 Å². The Morgan fingerprint density at radius 2 is 1.40 bits per heavy atom. The molecule has 2 heterocycles. The number of nitro benzene ring substituents is 2. The van der Waals surface area contributed by atoms with Crippen molar-refractivity contribution in [3.8, 4) is 0 Å². The fourth-order valence-corrected chi connectivity index (χ4v) is 3.42. The first-order valence-corrected chi connectivity index (χ1v) is 11.5. The summed E-state index contributed by atoms with van der Waals surface area (Å²) in [5.74, 6) is 0. The third-order valence-electron chi connectivity index (χ3n) is 5.40. The standard InChI is InChI=1S/C12H16N2O3.C7H5NO3.C5H11NO/c15-14(16)11-5-3-10(4-6-11)8-13-9-12-2-1-7-17-12;9-5-6-1-3-7(4-2-6)8(10)11;6-4-5-2-1-3-7-5/h3-6,12-13H,1-2,7-9H2;1-5H;5H,1-4,6H2/t12-;;5-/m0.0/s1. The molecule has 2 saturated heterocycles. The zero-order valence-corrected chi connectivity index (χ0v) is 19.5. The van der Waals surface area contributed by atoms with E-state index in [2.05, 4.69) is 5.32 Å². The molecule has 2 aliphatic rings. The van der Waals surface area contributed by atoms with Crippen molar-refractivity contribution in [1.82, 2.24) is 5.32 Å². The van der Waals surface area contributed by atoms with Crippen molar-refractivity contribution in [2.45, 2.75) is 44.4 Å². The summed E-state index contributed by atoms with van der Waals surface area (Å²) >= 11 is 0. The van der Waals surface area contributed by atoms with Gasteiger partial charge in [-0.1, -0.05) is 12.1 Å². The number of benzene rings is 2. The van der Waals surface area contributed by atoms with E-state index in [9.17, 15) is 25.0 Å². The van der Waals surface area contributed by atoms with E-state index in [1.54, 1.807) is 12.1 Å². The number of nitrogens with zero attached hydrogens (tertiary/aromatic N) is 2. The summed E-state index contributed by atoms with van der Waals surface area (Å²) in [6.07, 6.45) is 5.97. The zero-order chi connectivity index (χ0) is 25.5. The lowest BCUT2D eigenvalue weighted by Gasteiger charge is -2.10. The molecule has 2 aliphatic heterocycles. The Morgan fingerprint density at radius 3 is 1.80 bits per heavy atom. The lowest BCUT2D eigenvalue weighted by Crippen LogP contribution is -2.25. The first-order valence-electron chi connectivity index (χ1n) is 11.5. The van der Waals surface area contributed by atoms with Crippen LogP contribution in [0.15, 0.2) is 48.5 Å². The van der Waals surface area contributed by atoms with Gasteiger partial charge in [-0.15, -0.1) is 0 Å². The molecule has 0 bridgehead atoms. The van der Waals surface area contributed by atoms with Gasteiger partial charge in [-0.05, 0) is 43.4 Å². The van der Waals surface area contributed by atoms with Crippen LogP contribution in [0, 0.1) is 20.2 Å². The van der Waals surface area contributed by atoms with Crippen LogP contribution in [-0.4, -0.2) is 54.6 Å². The molecule has 0 radical (unpaired) electrons. The molecule has 0 aromatic heterocycles. The summed E-state index contributed by atoms with van der Waals surface area (Å²) < 4.78 is 10.7. The minimum atomic E-state index is -0.505. The van der Waals surface area contributed by atoms with E-state index in [0.29, 0.717) is 30.6 Å². The van der Waals surface area contributed by atoms with Gasteiger partial charge in [0, 0.05) is 62.7 Å². The average molecular weight is 489 g/mol. The molecular formula is C24H32N4O7. The quantitative estimate of drug-likeness (QED) is 0.322. The first kappa shape index (κ1) is 28.0. The van der Waals surface area contributed by atoms with Gasteiger partial charge in [-0.3, -0.25) is 25.0 Å². The second-order valence-corrected chi connectivity index (χ2v) is 8.03. The molecule has 0 unspecified atom stereocenters. The maximum atomic E-state index is 10.5. The highest BCUT2D eigenvalue weighted by Gasteiger charge is 2.14. The lowest BCUT2D eigenvalue weighted by molar-refractivity contribution is -0.385. The van der Waals surface area contributed by atoms with E-state index in [1.165, 1.54) is 42.8 Å². The van der Waals surface area contributed by atoms with E-state index < -0.39 is 4.92 Å². The van der Waals surface area contributed by atoms with E-state index in [1.807, 2.05) is 0 Å². The van der Waals surface area contributed by atoms with Gasteiger partial charge in [-0.25, -0.2) is 0 Å². The summed E-state index contributed by atoms with van der Waals surface area (Å²) in [5, 5.41) is 23.9. The van der Waals surface area contributed by atoms with Gasteiger partial charge in [0.2, 0.25) is 0 Å². The highest BCUT2D eigenvalue weighted by Crippen LogP contribution is 2.13. The van der Waals surface area contributed by atoms with Crippen LogP contribution in [0.25, 0.3) is 0 Å². The lowest BCUT2D eigenvalue weighted by atomic mass is 10.2. The van der Waals surface area contributed by atoms with Crippen LogP contribution in [-0.2, 0) is 16.0 Å². The van der Waals surface area contributed by atoms with Crippen molar-refractivity contribution < 1.29 is 24.1 Å². The van der Waals surface area contributed by atoms with E-state index >= 15 is 0 Å². The van der Waals surface area contributed by atoms with Gasteiger partial charge in [0.25, 0.3) is 11.4 Å². The average Bonchev–Trinajstić information content (AvgIpc) is 3.60. The third-order valence-corrected chi connectivity index (χ3v) is 5.40. The van der Waals surface area contributed by atoms with E-state index in [4.69, 9.17) is 15.2 Å². The highest BCUT2D eigenvalue weighted by molar-refractivity contribution is 5.75. The van der Waals surface area contributed by atoms with Crippen molar-refractivity contribution >= 4 is 17.7 Å². The second kappa shape index (κ2) is 15.6. The number of carbonyl (C=O) groups excluding carboxylic acids is 1. The van der Waals surface area contributed by atoms with Gasteiger partial charge in [0.15, 0.2) is 0 Å². The van der Waals surface area contributed by atoms with Crippen LogP contribution in [0.1, 0.15) is 41.6 Å². The Labute approximate surface area is 203 Å². The Bertz CT molecular complexity index is 910. The molecule has 3 N–H and O–H groups in total.